The number of para-hydroxylation sites is 2. The van der Waals surface area contributed by atoms with Crippen LogP contribution in [0.1, 0.15) is 25.7 Å². The Labute approximate surface area is 161 Å². The van der Waals surface area contributed by atoms with Crippen molar-refractivity contribution in [3.63, 3.8) is 0 Å². The molecule has 1 fully saturated rings. The van der Waals surface area contributed by atoms with Gasteiger partial charge in [0.1, 0.15) is 18.1 Å². The summed E-state index contributed by atoms with van der Waals surface area (Å²) in [5.41, 5.74) is 0.487. The number of aromatic nitrogens is 2. The van der Waals surface area contributed by atoms with E-state index in [9.17, 15) is 14.0 Å². The highest BCUT2D eigenvalue weighted by Crippen LogP contribution is 2.29. The largest absolute Gasteiger partial charge is 0.488 e. The number of rotatable bonds is 5. The number of ether oxygens (including phenoxy) is 1. The van der Waals surface area contributed by atoms with Crippen LogP contribution in [0.2, 0.25) is 0 Å². The van der Waals surface area contributed by atoms with Gasteiger partial charge >= 0.3 is 0 Å². The standard InChI is InChI=1S/C21H20FN3O3/c22-14-9-10-17-16(11-14)21(27)25(13-23-17)12-20(26)24-18-7-3-4-8-19(18)28-15-5-1-2-6-15/h3-4,7-11,13,15H,1-2,5-6,12H2,(H,24,26). The Morgan fingerprint density at radius 1 is 1.21 bits per heavy atom. The maximum absolute atomic E-state index is 13.4. The quantitative estimate of drug-likeness (QED) is 0.734. The van der Waals surface area contributed by atoms with Gasteiger partial charge in [0.25, 0.3) is 5.56 Å². The summed E-state index contributed by atoms with van der Waals surface area (Å²) in [6.45, 7) is -0.226. The molecule has 1 aliphatic carbocycles. The number of nitrogens with one attached hydrogen (secondary N) is 1. The number of hydrogen-bond donors (Lipinski definition) is 1. The first kappa shape index (κ1) is 18.2. The van der Waals surface area contributed by atoms with Crippen molar-refractivity contribution in [2.45, 2.75) is 38.3 Å². The summed E-state index contributed by atoms with van der Waals surface area (Å²) in [6.07, 6.45) is 5.78. The van der Waals surface area contributed by atoms with E-state index in [1.807, 2.05) is 18.2 Å². The molecule has 7 heteroatoms. The number of carbonyl (C=O) groups excluding carboxylic acids is 1. The molecule has 1 N–H and O–H groups in total. The van der Waals surface area contributed by atoms with E-state index in [0.717, 1.165) is 36.3 Å². The van der Waals surface area contributed by atoms with Crippen molar-refractivity contribution < 1.29 is 13.9 Å². The lowest BCUT2D eigenvalue weighted by molar-refractivity contribution is -0.116. The van der Waals surface area contributed by atoms with Crippen LogP contribution in [0.3, 0.4) is 0 Å². The van der Waals surface area contributed by atoms with Crippen molar-refractivity contribution in [1.29, 1.82) is 0 Å². The lowest BCUT2D eigenvalue weighted by Crippen LogP contribution is -2.28. The zero-order valence-electron chi connectivity index (χ0n) is 15.2. The van der Waals surface area contributed by atoms with Gasteiger partial charge in [-0.2, -0.15) is 0 Å². The van der Waals surface area contributed by atoms with E-state index in [1.165, 1.54) is 18.5 Å². The van der Waals surface area contributed by atoms with Gasteiger partial charge in [-0.05, 0) is 56.0 Å². The van der Waals surface area contributed by atoms with Crippen LogP contribution in [0.15, 0.2) is 53.6 Å². The molecule has 4 rings (SSSR count). The second-order valence-corrected chi connectivity index (χ2v) is 6.91. The monoisotopic (exact) mass is 381 g/mol. The van der Waals surface area contributed by atoms with Crippen LogP contribution in [0.25, 0.3) is 10.9 Å². The van der Waals surface area contributed by atoms with E-state index in [2.05, 4.69) is 10.3 Å². The topological polar surface area (TPSA) is 73.2 Å². The fourth-order valence-corrected chi connectivity index (χ4v) is 3.45. The second-order valence-electron chi connectivity index (χ2n) is 6.91. The molecule has 0 aliphatic heterocycles. The number of benzene rings is 2. The minimum Gasteiger partial charge on any atom is -0.488 e. The highest BCUT2D eigenvalue weighted by atomic mass is 19.1. The number of anilines is 1. The van der Waals surface area contributed by atoms with Gasteiger partial charge in [0.15, 0.2) is 0 Å². The van der Waals surface area contributed by atoms with E-state index in [4.69, 9.17) is 4.74 Å². The van der Waals surface area contributed by atoms with E-state index in [-0.39, 0.29) is 23.9 Å². The molecule has 2 aromatic carbocycles. The summed E-state index contributed by atoms with van der Waals surface area (Å²) >= 11 is 0. The Morgan fingerprint density at radius 2 is 2.00 bits per heavy atom. The molecular weight excluding hydrogens is 361 g/mol. The van der Waals surface area contributed by atoms with Crippen molar-refractivity contribution >= 4 is 22.5 Å². The Kier molecular flexibility index (Phi) is 5.06. The van der Waals surface area contributed by atoms with Crippen molar-refractivity contribution in [1.82, 2.24) is 9.55 Å². The Bertz CT molecular complexity index is 1070. The lowest BCUT2D eigenvalue weighted by atomic mass is 10.2. The fourth-order valence-electron chi connectivity index (χ4n) is 3.45. The molecular formula is C21H20FN3O3. The van der Waals surface area contributed by atoms with Gasteiger partial charge in [-0.1, -0.05) is 12.1 Å². The lowest BCUT2D eigenvalue weighted by Gasteiger charge is -2.17. The third-order valence-corrected chi connectivity index (χ3v) is 4.86. The molecule has 6 nitrogen and oxygen atoms in total. The third kappa shape index (κ3) is 3.88. The molecule has 3 aromatic rings. The molecule has 1 saturated carbocycles. The van der Waals surface area contributed by atoms with Crippen LogP contribution in [-0.2, 0) is 11.3 Å². The van der Waals surface area contributed by atoms with Crippen LogP contribution in [0.4, 0.5) is 10.1 Å². The predicted octanol–water partition coefficient (Wildman–Crippen LogP) is 3.50. The van der Waals surface area contributed by atoms with Crippen molar-refractivity contribution in [2.75, 3.05) is 5.32 Å². The Hall–Kier alpha value is -3.22. The van der Waals surface area contributed by atoms with Gasteiger partial charge < -0.3 is 10.1 Å². The number of hydrogen-bond acceptors (Lipinski definition) is 4. The highest BCUT2D eigenvalue weighted by molar-refractivity contribution is 5.92. The van der Waals surface area contributed by atoms with Gasteiger partial charge in [-0.25, -0.2) is 9.37 Å². The maximum Gasteiger partial charge on any atom is 0.261 e. The number of nitrogens with zero attached hydrogens (tertiary/aromatic N) is 2. The molecule has 0 unspecified atom stereocenters. The third-order valence-electron chi connectivity index (χ3n) is 4.86. The van der Waals surface area contributed by atoms with Crippen LogP contribution in [0.5, 0.6) is 5.75 Å². The summed E-state index contributed by atoms with van der Waals surface area (Å²) in [7, 11) is 0. The molecule has 144 valence electrons. The zero-order chi connectivity index (χ0) is 19.5. The Balaban J connectivity index is 1.51. The molecule has 28 heavy (non-hydrogen) atoms. The summed E-state index contributed by atoms with van der Waals surface area (Å²) < 4.78 is 20.6. The smallest absolute Gasteiger partial charge is 0.261 e. The number of fused-ring (bicyclic) bond motifs is 1. The fraction of sp³-hybridized carbons (Fsp3) is 0.286. The normalized spacial score (nSPS) is 14.3. The van der Waals surface area contributed by atoms with Crippen LogP contribution in [-0.4, -0.2) is 21.6 Å². The predicted molar refractivity (Wildman–Crippen MR) is 104 cm³/mol. The summed E-state index contributed by atoms with van der Waals surface area (Å²) in [5, 5.41) is 2.93. The molecule has 1 amide bonds. The zero-order valence-corrected chi connectivity index (χ0v) is 15.2. The highest BCUT2D eigenvalue weighted by Gasteiger charge is 2.18. The summed E-state index contributed by atoms with van der Waals surface area (Å²) in [6, 6.07) is 11.1. The first-order chi connectivity index (χ1) is 13.6. The average Bonchev–Trinajstić information content (AvgIpc) is 3.19. The van der Waals surface area contributed by atoms with E-state index < -0.39 is 11.4 Å². The minimum atomic E-state index is -0.522. The number of carbonyl (C=O) groups is 1. The van der Waals surface area contributed by atoms with E-state index in [0.29, 0.717) is 17.0 Å². The minimum absolute atomic E-state index is 0.139. The molecule has 0 radical (unpaired) electrons. The first-order valence-corrected chi connectivity index (χ1v) is 9.30. The summed E-state index contributed by atoms with van der Waals surface area (Å²) in [5.74, 6) is -0.289. The van der Waals surface area contributed by atoms with Crippen molar-refractivity contribution in [3.05, 3.63) is 65.0 Å². The van der Waals surface area contributed by atoms with Gasteiger partial charge in [0.05, 0.1) is 29.0 Å². The molecule has 0 atom stereocenters. The van der Waals surface area contributed by atoms with Crippen LogP contribution in [0, 0.1) is 5.82 Å². The van der Waals surface area contributed by atoms with Crippen molar-refractivity contribution in [3.8, 4) is 5.75 Å². The molecule has 0 bridgehead atoms. The van der Waals surface area contributed by atoms with Gasteiger partial charge in [0.2, 0.25) is 5.91 Å². The SMILES string of the molecule is O=C(Cn1cnc2ccc(F)cc2c1=O)Nc1ccccc1OC1CCCC1. The number of amides is 1. The van der Waals surface area contributed by atoms with Gasteiger partial charge in [0, 0.05) is 0 Å². The first-order valence-electron chi connectivity index (χ1n) is 9.30. The average molecular weight is 381 g/mol. The molecule has 1 heterocycles. The van der Waals surface area contributed by atoms with Gasteiger partial charge in [-0.3, -0.25) is 14.2 Å². The second kappa shape index (κ2) is 7.80. The van der Waals surface area contributed by atoms with Gasteiger partial charge in [-0.15, -0.1) is 0 Å². The Morgan fingerprint density at radius 3 is 2.82 bits per heavy atom. The number of halogens is 1. The molecule has 1 aromatic heterocycles. The van der Waals surface area contributed by atoms with Crippen molar-refractivity contribution in [2.24, 2.45) is 0 Å². The molecule has 0 saturated heterocycles. The summed E-state index contributed by atoms with van der Waals surface area (Å²) in [4.78, 5) is 29.1. The van der Waals surface area contributed by atoms with Crippen LogP contribution >= 0.6 is 0 Å². The maximum atomic E-state index is 13.4. The van der Waals surface area contributed by atoms with E-state index >= 15 is 0 Å². The van der Waals surface area contributed by atoms with Crippen LogP contribution < -0.4 is 15.6 Å². The molecule has 1 aliphatic rings. The van der Waals surface area contributed by atoms with E-state index in [1.54, 1.807) is 6.07 Å². The molecule has 0 spiro atoms.